The van der Waals surface area contributed by atoms with Gasteiger partial charge in [0.2, 0.25) is 5.88 Å². The van der Waals surface area contributed by atoms with Gasteiger partial charge in [-0.15, -0.1) is 5.10 Å². The van der Waals surface area contributed by atoms with Crippen LogP contribution in [-0.2, 0) is 6.42 Å². The van der Waals surface area contributed by atoms with Gasteiger partial charge in [-0.3, -0.25) is 5.10 Å². The number of hydrogen-bond acceptors (Lipinski definition) is 2. The first kappa shape index (κ1) is 8.89. The van der Waals surface area contributed by atoms with E-state index in [0.717, 1.165) is 0 Å². The third-order valence-corrected chi connectivity index (χ3v) is 1.21. The van der Waals surface area contributed by atoms with Crippen LogP contribution in [0.5, 0.6) is 5.88 Å². The van der Waals surface area contributed by atoms with E-state index in [1.807, 2.05) is 0 Å². The quantitative estimate of drug-likeness (QED) is 0.749. The number of ether oxygens (including phenoxy) is 1. The summed E-state index contributed by atoms with van der Waals surface area (Å²) < 4.78 is 39.9. The summed E-state index contributed by atoms with van der Waals surface area (Å²) >= 11 is 0. The first-order valence-electron chi connectivity index (χ1n) is 3.16. The molecule has 6 heteroatoms. The van der Waals surface area contributed by atoms with Crippen LogP contribution in [0.15, 0.2) is 6.07 Å². The fourth-order valence-electron chi connectivity index (χ4n) is 0.752. The first-order valence-corrected chi connectivity index (χ1v) is 3.16. The molecule has 1 N–H and O–H groups in total. The smallest absolute Gasteiger partial charge is 0.394 e. The van der Waals surface area contributed by atoms with Crippen LogP contribution in [0.2, 0.25) is 0 Å². The van der Waals surface area contributed by atoms with Gasteiger partial charge in [0.15, 0.2) is 0 Å². The Morgan fingerprint density at radius 2 is 2.25 bits per heavy atom. The molecule has 1 rings (SSSR count). The van der Waals surface area contributed by atoms with Gasteiger partial charge in [0.25, 0.3) is 0 Å². The average Bonchev–Trinajstić information content (AvgIpc) is 2.32. The Kier molecular flexibility index (Phi) is 2.25. The van der Waals surface area contributed by atoms with Crippen LogP contribution in [0.1, 0.15) is 5.69 Å². The molecule has 0 radical (unpaired) electrons. The zero-order valence-corrected chi connectivity index (χ0v) is 6.27. The summed E-state index contributed by atoms with van der Waals surface area (Å²) in [4.78, 5) is 0. The molecule has 1 aromatic rings. The molecule has 0 atom stereocenters. The number of aromatic nitrogens is 2. The Balaban J connectivity index is 2.64. The summed E-state index contributed by atoms with van der Waals surface area (Å²) in [5.41, 5.74) is -0.000602. The summed E-state index contributed by atoms with van der Waals surface area (Å²) in [6, 6.07) is 1.22. The SMILES string of the molecule is COc1cc(CC(F)(F)F)[nH]n1. The van der Waals surface area contributed by atoms with E-state index in [4.69, 9.17) is 0 Å². The third kappa shape index (κ3) is 2.44. The van der Waals surface area contributed by atoms with Crippen LogP contribution in [0.4, 0.5) is 13.2 Å². The van der Waals surface area contributed by atoms with Crippen molar-refractivity contribution in [3.8, 4) is 5.88 Å². The largest absolute Gasteiger partial charge is 0.480 e. The van der Waals surface area contributed by atoms with E-state index >= 15 is 0 Å². The minimum atomic E-state index is -4.21. The maximum atomic E-state index is 11.8. The molecule has 1 aromatic heterocycles. The van der Waals surface area contributed by atoms with E-state index < -0.39 is 12.6 Å². The highest BCUT2D eigenvalue weighted by Crippen LogP contribution is 2.21. The normalized spacial score (nSPS) is 11.7. The molecular formula is C6H7F3N2O. The Morgan fingerprint density at radius 3 is 2.67 bits per heavy atom. The van der Waals surface area contributed by atoms with Gasteiger partial charge in [0, 0.05) is 11.8 Å². The van der Waals surface area contributed by atoms with Crippen molar-refractivity contribution in [3.05, 3.63) is 11.8 Å². The number of H-pyrrole nitrogens is 1. The number of hydrogen-bond donors (Lipinski definition) is 1. The van der Waals surface area contributed by atoms with Crippen molar-refractivity contribution >= 4 is 0 Å². The van der Waals surface area contributed by atoms with E-state index in [0.29, 0.717) is 0 Å². The number of alkyl halides is 3. The van der Waals surface area contributed by atoms with Crippen molar-refractivity contribution in [1.29, 1.82) is 0 Å². The fraction of sp³-hybridized carbons (Fsp3) is 0.500. The summed E-state index contributed by atoms with van der Waals surface area (Å²) in [7, 11) is 1.34. The van der Waals surface area contributed by atoms with Crippen LogP contribution in [0, 0.1) is 0 Å². The molecule has 0 bridgehead atoms. The Morgan fingerprint density at radius 1 is 1.58 bits per heavy atom. The molecule has 12 heavy (non-hydrogen) atoms. The lowest BCUT2D eigenvalue weighted by Crippen LogP contribution is -2.11. The lowest BCUT2D eigenvalue weighted by molar-refractivity contribution is -0.127. The van der Waals surface area contributed by atoms with Crippen molar-refractivity contribution in [2.45, 2.75) is 12.6 Å². The summed E-state index contributed by atoms with van der Waals surface area (Å²) in [6.07, 6.45) is -5.22. The molecule has 0 saturated carbocycles. The van der Waals surface area contributed by atoms with E-state index in [9.17, 15) is 13.2 Å². The van der Waals surface area contributed by atoms with E-state index in [-0.39, 0.29) is 11.6 Å². The van der Waals surface area contributed by atoms with Crippen molar-refractivity contribution in [3.63, 3.8) is 0 Å². The molecule has 0 unspecified atom stereocenters. The molecule has 0 aliphatic rings. The maximum absolute atomic E-state index is 11.8. The van der Waals surface area contributed by atoms with Crippen LogP contribution in [0.3, 0.4) is 0 Å². The molecule has 0 aliphatic heterocycles. The Hall–Kier alpha value is -1.20. The Labute approximate surface area is 66.5 Å². The molecule has 1 heterocycles. The minimum Gasteiger partial charge on any atom is -0.480 e. The molecule has 0 aliphatic carbocycles. The van der Waals surface area contributed by atoms with Gasteiger partial charge in [-0.05, 0) is 0 Å². The second-order valence-corrected chi connectivity index (χ2v) is 2.23. The molecule has 0 amide bonds. The van der Waals surface area contributed by atoms with Crippen molar-refractivity contribution in [2.75, 3.05) is 7.11 Å². The van der Waals surface area contributed by atoms with Crippen molar-refractivity contribution in [2.24, 2.45) is 0 Å². The minimum absolute atomic E-state index is 0.000602. The van der Waals surface area contributed by atoms with Crippen LogP contribution in [0.25, 0.3) is 0 Å². The topological polar surface area (TPSA) is 37.9 Å². The van der Waals surface area contributed by atoms with Crippen LogP contribution >= 0.6 is 0 Å². The predicted octanol–water partition coefficient (Wildman–Crippen LogP) is 1.52. The first-order chi connectivity index (χ1) is 5.51. The fourth-order valence-corrected chi connectivity index (χ4v) is 0.752. The van der Waals surface area contributed by atoms with Gasteiger partial charge in [0.1, 0.15) is 0 Å². The molecular weight excluding hydrogens is 173 g/mol. The molecule has 0 aromatic carbocycles. The number of nitrogens with zero attached hydrogens (tertiary/aromatic N) is 1. The zero-order chi connectivity index (χ0) is 9.19. The molecule has 0 fully saturated rings. The third-order valence-electron chi connectivity index (χ3n) is 1.21. The van der Waals surface area contributed by atoms with Crippen molar-refractivity contribution < 1.29 is 17.9 Å². The second kappa shape index (κ2) is 3.04. The average molecular weight is 180 g/mol. The lowest BCUT2D eigenvalue weighted by atomic mass is 10.3. The highest BCUT2D eigenvalue weighted by Gasteiger charge is 2.28. The van der Waals surface area contributed by atoms with Gasteiger partial charge >= 0.3 is 6.18 Å². The summed E-state index contributed by atoms with van der Waals surface area (Å²) in [6.45, 7) is 0. The monoisotopic (exact) mass is 180 g/mol. The van der Waals surface area contributed by atoms with E-state index in [1.165, 1.54) is 13.2 Å². The van der Waals surface area contributed by atoms with Gasteiger partial charge in [0.05, 0.1) is 13.5 Å². The second-order valence-electron chi connectivity index (χ2n) is 2.23. The lowest BCUT2D eigenvalue weighted by Gasteiger charge is -2.01. The van der Waals surface area contributed by atoms with Crippen molar-refractivity contribution in [1.82, 2.24) is 10.2 Å². The number of rotatable bonds is 2. The Bertz CT molecular complexity index is 256. The molecule has 3 nitrogen and oxygen atoms in total. The number of nitrogens with one attached hydrogen (secondary N) is 1. The van der Waals surface area contributed by atoms with Crippen LogP contribution in [-0.4, -0.2) is 23.5 Å². The molecule has 68 valence electrons. The molecule has 0 spiro atoms. The maximum Gasteiger partial charge on any atom is 0.394 e. The standard InChI is InChI=1S/C6H7F3N2O/c1-12-5-2-4(10-11-5)3-6(7,8)9/h2H,3H2,1H3,(H,10,11). The highest BCUT2D eigenvalue weighted by molar-refractivity contribution is 5.14. The number of aromatic amines is 1. The molecule has 0 saturated heterocycles. The summed E-state index contributed by atoms with van der Waals surface area (Å²) in [5, 5.41) is 5.69. The number of methoxy groups -OCH3 is 1. The highest BCUT2D eigenvalue weighted by atomic mass is 19.4. The van der Waals surface area contributed by atoms with Gasteiger partial charge < -0.3 is 4.74 Å². The van der Waals surface area contributed by atoms with E-state index in [2.05, 4.69) is 14.9 Å². The van der Waals surface area contributed by atoms with Gasteiger partial charge in [-0.2, -0.15) is 13.2 Å². The summed E-state index contributed by atoms with van der Waals surface area (Å²) in [5.74, 6) is 0.161. The zero-order valence-electron chi connectivity index (χ0n) is 6.27. The van der Waals surface area contributed by atoms with Gasteiger partial charge in [-0.1, -0.05) is 0 Å². The van der Waals surface area contributed by atoms with Crippen LogP contribution < -0.4 is 4.74 Å². The number of halogens is 3. The van der Waals surface area contributed by atoms with E-state index in [1.54, 1.807) is 0 Å². The van der Waals surface area contributed by atoms with Gasteiger partial charge in [-0.25, -0.2) is 0 Å². The predicted molar refractivity (Wildman–Crippen MR) is 34.9 cm³/mol.